The zero-order valence-corrected chi connectivity index (χ0v) is 18.7. The van der Waals surface area contributed by atoms with Gasteiger partial charge in [0.2, 0.25) is 11.0 Å². The predicted molar refractivity (Wildman–Crippen MR) is 123 cm³/mol. The van der Waals surface area contributed by atoms with Crippen LogP contribution in [0.4, 0.5) is 5.13 Å². The molecule has 0 spiro atoms. The fraction of sp³-hybridized carbons (Fsp3) is 0.261. The smallest absolute Gasteiger partial charge is 0.250 e. The third-order valence-electron chi connectivity index (χ3n) is 4.32. The molecule has 0 bridgehead atoms. The lowest BCUT2D eigenvalue weighted by Gasteiger charge is -2.18. The van der Waals surface area contributed by atoms with Gasteiger partial charge in [0, 0.05) is 11.8 Å². The Labute approximate surface area is 180 Å². The molecule has 0 aliphatic rings. The lowest BCUT2D eigenvalue weighted by Crippen LogP contribution is -2.10. The largest absolute Gasteiger partial charge is 0.297 e. The molecule has 0 aliphatic carbocycles. The Morgan fingerprint density at radius 3 is 2.41 bits per heavy atom. The van der Waals surface area contributed by atoms with Crippen molar-refractivity contribution in [1.29, 1.82) is 0 Å². The number of aryl methyl sites for hydroxylation is 1. The predicted octanol–water partition coefficient (Wildman–Crippen LogP) is 6.09. The van der Waals surface area contributed by atoms with Crippen LogP contribution in [0.2, 0.25) is 0 Å². The topological polar surface area (TPSA) is 54.9 Å². The lowest BCUT2D eigenvalue weighted by atomic mass is 9.87. The Morgan fingerprint density at radius 1 is 1.07 bits per heavy atom. The van der Waals surface area contributed by atoms with Crippen LogP contribution in [0.25, 0.3) is 6.08 Å². The summed E-state index contributed by atoms with van der Waals surface area (Å²) in [7, 11) is 0. The van der Waals surface area contributed by atoms with Crippen molar-refractivity contribution >= 4 is 40.2 Å². The molecule has 29 heavy (non-hydrogen) atoms. The zero-order chi connectivity index (χ0) is 20.9. The molecule has 2 aromatic carbocycles. The van der Waals surface area contributed by atoms with Crippen LogP contribution in [0.15, 0.2) is 58.9 Å². The van der Waals surface area contributed by atoms with Crippen LogP contribution in [-0.2, 0) is 16.0 Å². The summed E-state index contributed by atoms with van der Waals surface area (Å²) >= 11 is 3.00. The molecule has 0 aliphatic heterocycles. The molecule has 4 nitrogen and oxygen atoms in total. The summed E-state index contributed by atoms with van der Waals surface area (Å²) in [6.07, 6.45) is 3.32. The van der Waals surface area contributed by atoms with Crippen LogP contribution < -0.4 is 5.32 Å². The third-order valence-corrected chi connectivity index (χ3v) is 6.37. The highest BCUT2D eigenvalue weighted by atomic mass is 32.2. The molecule has 0 saturated heterocycles. The van der Waals surface area contributed by atoms with Gasteiger partial charge >= 0.3 is 0 Å². The molecular formula is C23H25N3OS2. The lowest BCUT2D eigenvalue weighted by molar-refractivity contribution is -0.111. The van der Waals surface area contributed by atoms with E-state index in [1.54, 1.807) is 17.8 Å². The average Bonchev–Trinajstić information content (AvgIpc) is 3.13. The highest BCUT2D eigenvalue weighted by Crippen LogP contribution is 2.28. The molecule has 1 heterocycles. The van der Waals surface area contributed by atoms with E-state index in [0.29, 0.717) is 5.13 Å². The Kier molecular flexibility index (Phi) is 6.87. The molecule has 0 radical (unpaired) electrons. The first-order valence-corrected chi connectivity index (χ1v) is 11.2. The van der Waals surface area contributed by atoms with E-state index in [9.17, 15) is 4.79 Å². The molecule has 1 N–H and O–H groups in total. The number of aromatic nitrogens is 2. The van der Waals surface area contributed by atoms with E-state index in [-0.39, 0.29) is 11.3 Å². The summed E-state index contributed by atoms with van der Waals surface area (Å²) in [6.45, 7) is 8.62. The minimum absolute atomic E-state index is 0.118. The molecule has 150 valence electrons. The fourth-order valence-corrected chi connectivity index (χ4v) is 4.27. The molecule has 0 unspecified atom stereocenters. The summed E-state index contributed by atoms with van der Waals surface area (Å²) in [5.74, 6) is 0.615. The fourth-order valence-electron chi connectivity index (χ4n) is 2.56. The van der Waals surface area contributed by atoms with Gasteiger partial charge in [-0.2, -0.15) is 0 Å². The Hall–Kier alpha value is -2.44. The van der Waals surface area contributed by atoms with Gasteiger partial charge in [0.15, 0.2) is 4.34 Å². The Balaban J connectivity index is 1.51. The van der Waals surface area contributed by atoms with Gasteiger partial charge in [-0.25, -0.2) is 0 Å². The molecule has 0 saturated carbocycles. The first-order valence-electron chi connectivity index (χ1n) is 9.41. The molecule has 3 rings (SSSR count). The number of amides is 1. The average molecular weight is 424 g/mol. The van der Waals surface area contributed by atoms with Crippen molar-refractivity contribution in [3.8, 4) is 0 Å². The van der Waals surface area contributed by atoms with Crippen LogP contribution in [0.5, 0.6) is 0 Å². The summed E-state index contributed by atoms with van der Waals surface area (Å²) in [4.78, 5) is 12.2. The first kappa shape index (κ1) is 21.3. The van der Waals surface area contributed by atoms with Crippen molar-refractivity contribution in [3.05, 3.63) is 76.9 Å². The van der Waals surface area contributed by atoms with Crippen LogP contribution in [-0.4, -0.2) is 16.1 Å². The second-order valence-electron chi connectivity index (χ2n) is 7.84. The van der Waals surface area contributed by atoms with Gasteiger partial charge in [-0.3, -0.25) is 10.1 Å². The number of carbonyl (C=O) groups is 1. The van der Waals surface area contributed by atoms with Crippen molar-refractivity contribution in [2.75, 3.05) is 5.32 Å². The molecule has 0 atom stereocenters. The van der Waals surface area contributed by atoms with Gasteiger partial charge < -0.3 is 0 Å². The van der Waals surface area contributed by atoms with E-state index >= 15 is 0 Å². The summed E-state index contributed by atoms with van der Waals surface area (Å²) < 4.78 is 0.836. The number of carbonyl (C=O) groups excluding carboxylic acids is 1. The second-order valence-corrected chi connectivity index (χ2v) is 10.0. The number of thioether (sulfide) groups is 1. The normalized spacial score (nSPS) is 11.7. The van der Waals surface area contributed by atoms with E-state index in [1.165, 1.54) is 34.1 Å². The Bertz CT molecular complexity index is 984. The summed E-state index contributed by atoms with van der Waals surface area (Å²) in [5.41, 5.74) is 4.86. The highest BCUT2D eigenvalue weighted by molar-refractivity contribution is 8.00. The number of hydrogen-bond acceptors (Lipinski definition) is 5. The number of nitrogens with zero attached hydrogens (tertiary/aromatic N) is 2. The molecule has 1 aromatic heterocycles. The first-order chi connectivity index (χ1) is 13.8. The zero-order valence-electron chi connectivity index (χ0n) is 17.1. The van der Waals surface area contributed by atoms with E-state index in [1.807, 2.05) is 12.1 Å². The minimum atomic E-state index is -0.212. The SMILES string of the molecule is Cc1ccc(CSc2nnc(NC(=O)/C=C/c3ccc(C(C)(C)C)cc3)s2)cc1. The van der Waals surface area contributed by atoms with Crippen molar-refractivity contribution in [2.24, 2.45) is 0 Å². The minimum Gasteiger partial charge on any atom is -0.297 e. The third kappa shape index (κ3) is 6.54. The quantitative estimate of drug-likeness (QED) is 0.296. The maximum atomic E-state index is 12.2. The van der Waals surface area contributed by atoms with E-state index in [0.717, 1.165) is 15.7 Å². The highest BCUT2D eigenvalue weighted by Gasteiger charge is 2.12. The monoisotopic (exact) mass is 423 g/mol. The van der Waals surface area contributed by atoms with Gasteiger partial charge in [-0.1, -0.05) is 98.0 Å². The van der Waals surface area contributed by atoms with Gasteiger partial charge in [-0.15, -0.1) is 10.2 Å². The standard InChI is InChI=1S/C23H25N3OS2/c1-16-5-7-18(8-6-16)15-28-22-26-25-21(29-22)24-20(27)14-11-17-9-12-19(13-10-17)23(2,3)4/h5-14H,15H2,1-4H3,(H,24,25,27)/b14-11+. The van der Waals surface area contributed by atoms with Crippen LogP contribution in [0.3, 0.4) is 0 Å². The number of rotatable bonds is 6. The molecule has 1 amide bonds. The van der Waals surface area contributed by atoms with E-state index in [4.69, 9.17) is 0 Å². The second kappa shape index (κ2) is 9.37. The Morgan fingerprint density at radius 2 is 1.76 bits per heavy atom. The molecular weight excluding hydrogens is 398 g/mol. The molecule has 3 aromatic rings. The maximum absolute atomic E-state index is 12.2. The summed E-state index contributed by atoms with van der Waals surface area (Å²) in [5, 5.41) is 11.5. The van der Waals surface area contributed by atoms with Gasteiger partial charge in [0.1, 0.15) is 0 Å². The number of benzene rings is 2. The van der Waals surface area contributed by atoms with E-state index in [2.05, 4.69) is 79.6 Å². The van der Waals surface area contributed by atoms with Crippen molar-refractivity contribution in [2.45, 2.75) is 43.2 Å². The van der Waals surface area contributed by atoms with Crippen molar-refractivity contribution in [3.63, 3.8) is 0 Å². The molecule has 6 heteroatoms. The van der Waals surface area contributed by atoms with Crippen molar-refractivity contribution < 1.29 is 4.79 Å². The number of nitrogens with one attached hydrogen (secondary N) is 1. The van der Waals surface area contributed by atoms with Gasteiger partial charge in [0.25, 0.3) is 0 Å². The van der Waals surface area contributed by atoms with Gasteiger partial charge in [-0.05, 0) is 35.1 Å². The maximum Gasteiger partial charge on any atom is 0.250 e. The van der Waals surface area contributed by atoms with E-state index < -0.39 is 0 Å². The number of anilines is 1. The van der Waals surface area contributed by atoms with Gasteiger partial charge in [0.05, 0.1) is 0 Å². The van der Waals surface area contributed by atoms with Crippen LogP contribution in [0, 0.1) is 6.92 Å². The van der Waals surface area contributed by atoms with Crippen LogP contribution >= 0.6 is 23.1 Å². The summed E-state index contributed by atoms with van der Waals surface area (Å²) in [6, 6.07) is 16.7. The van der Waals surface area contributed by atoms with Crippen molar-refractivity contribution in [1.82, 2.24) is 10.2 Å². The molecule has 0 fully saturated rings. The number of hydrogen-bond donors (Lipinski definition) is 1. The van der Waals surface area contributed by atoms with Crippen LogP contribution in [0.1, 0.15) is 43.0 Å².